The number of fused-ring (bicyclic) bond motifs is 1. The summed E-state index contributed by atoms with van der Waals surface area (Å²) in [5, 5.41) is 16.3. The molecule has 2 aromatic rings. The van der Waals surface area contributed by atoms with Crippen LogP contribution in [0, 0.1) is 0 Å². The number of carbonyl (C=O) groups is 1. The van der Waals surface area contributed by atoms with Crippen LogP contribution < -0.4 is 9.80 Å². The van der Waals surface area contributed by atoms with Crippen LogP contribution in [-0.4, -0.2) is 62.6 Å². The third kappa shape index (κ3) is 3.84. The number of carboxylic acid groups (broad SMARTS) is 1. The quantitative estimate of drug-likeness (QED) is 0.833. The number of aliphatic carboxylic acids is 1. The summed E-state index contributed by atoms with van der Waals surface area (Å²) < 4.78 is 31.7. The predicted molar refractivity (Wildman–Crippen MR) is 87.1 cm³/mol. The first kappa shape index (κ1) is 18.3. The Kier molecular flexibility index (Phi) is 5.20. The predicted octanol–water partition coefficient (Wildman–Crippen LogP) is 1.82. The van der Waals surface area contributed by atoms with Gasteiger partial charge in [0.05, 0.1) is 12.1 Å². The molecule has 2 atom stereocenters. The largest absolute Gasteiger partial charge is 0.490 e. The first-order valence-corrected chi connectivity index (χ1v) is 8.62. The van der Waals surface area contributed by atoms with Crippen LogP contribution in [0.2, 0.25) is 0 Å². The lowest BCUT2D eigenvalue weighted by Gasteiger charge is -2.24. The van der Waals surface area contributed by atoms with Crippen LogP contribution >= 0.6 is 11.3 Å². The SMILES string of the molecule is O=C(O)C(F)(F)F.c1cnc(N2CC[C@H]3[C@H]2CCN3c2nncs2)nc1. The summed E-state index contributed by atoms with van der Waals surface area (Å²) in [7, 11) is 0. The fourth-order valence-electron chi connectivity index (χ4n) is 3.20. The van der Waals surface area contributed by atoms with Crippen molar-refractivity contribution in [1.29, 1.82) is 0 Å². The van der Waals surface area contributed by atoms with E-state index in [0.717, 1.165) is 37.0 Å². The zero-order valence-electron chi connectivity index (χ0n) is 13.4. The number of nitrogens with zero attached hydrogens (tertiary/aromatic N) is 6. The summed E-state index contributed by atoms with van der Waals surface area (Å²) in [6, 6.07) is 2.89. The number of hydrogen-bond acceptors (Lipinski definition) is 8. The summed E-state index contributed by atoms with van der Waals surface area (Å²) in [5.41, 5.74) is 1.80. The van der Waals surface area contributed by atoms with Gasteiger partial charge in [-0.2, -0.15) is 13.2 Å². The van der Waals surface area contributed by atoms with Gasteiger partial charge in [0.1, 0.15) is 5.51 Å². The summed E-state index contributed by atoms with van der Waals surface area (Å²) in [5.74, 6) is -1.90. The highest BCUT2D eigenvalue weighted by Gasteiger charge is 2.44. The van der Waals surface area contributed by atoms with Crippen molar-refractivity contribution in [2.45, 2.75) is 31.1 Å². The Morgan fingerprint density at radius 3 is 2.27 bits per heavy atom. The maximum Gasteiger partial charge on any atom is 0.490 e. The number of alkyl halides is 3. The highest BCUT2D eigenvalue weighted by Crippen LogP contribution is 2.36. The van der Waals surface area contributed by atoms with Crippen LogP contribution in [0.5, 0.6) is 0 Å². The third-order valence-electron chi connectivity index (χ3n) is 4.22. The summed E-state index contributed by atoms with van der Waals surface area (Å²) in [4.78, 5) is 22.4. The van der Waals surface area contributed by atoms with E-state index in [0.29, 0.717) is 12.1 Å². The van der Waals surface area contributed by atoms with Crippen molar-refractivity contribution in [1.82, 2.24) is 20.2 Å². The monoisotopic (exact) mass is 388 g/mol. The minimum atomic E-state index is -5.08. The molecule has 4 rings (SSSR count). The lowest BCUT2D eigenvalue weighted by molar-refractivity contribution is -0.192. The molecule has 26 heavy (non-hydrogen) atoms. The average Bonchev–Trinajstić information content (AvgIpc) is 3.32. The van der Waals surface area contributed by atoms with Gasteiger partial charge in [-0.3, -0.25) is 0 Å². The van der Waals surface area contributed by atoms with Crippen LogP contribution in [0.1, 0.15) is 12.8 Å². The zero-order valence-corrected chi connectivity index (χ0v) is 14.2. The van der Waals surface area contributed by atoms with E-state index < -0.39 is 12.1 Å². The van der Waals surface area contributed by atoms with E-state index in [9.17, 15) is 13.2 Å². The standard InChI is InChI=1S/C12H14N6S.C2HF3O2/c1-4-13-11(14-5-1)17-6-2-10-9(17)3-7-18(10)12-16-15-8-19-12;3-2(4,5)1(6)7/h1,4-5,8-10H,2-3,6-7H2;(H,6,7)/t9-,10+;/m1./s1. The Morgan fingerprint density at radius 2 is 1.73 bits per heavy atom. The molecular formula is C14H15F3N6O2S. The second kappa shape index (κ2) is 7.40. The first-order valence-electron chi connectivity index (χ1n) is 7.74. The molecule has 2 aromatic heterocycles. The highest BCUT2D eigenvalue weighted by molar-refractivity contribution is 7.13. The molecule has 140 valence electrons. The molecule has 8 nitrogen and oxygen atoms in total. The molecule has 0 amide bonds. The molecule has 2 aliphatic rings. The Labute approximate surface area is 150 Å². The van der Waals surface area contributed by atoms with Crippen LogP contribution in [0.15, 0.2) is 24.0 Å². The van der Waals surface area contributed by atoms with Gasteiger partial charge < -0.3 is 14.9 Å². The van der Waals surface area contributed by atoms with Crippen LogP contribution in [-0.2, 0) is 4.79 Å². The van der Waals surface area contributed by atoms with Gasteiger partial charge in [-0.25, -0.2) is 14.8 Å². The van der Waals surface area contributed by atoms with E-state index in [1.54, 1.807) is 16.8 Å². The molecular weight excluding hydrogens is 373 g/mol. The van der Waals surface area contributed by atoms with E-state index in [2.05, 4.69) is 30.0 Å². The Bertz CT molecular complexity index is 730. The topological polar surface area (TPSA) is 95.3 Å². The fourth-order valence-corrected chi connectivity index (χ4v) is 3.85. The maximum atomic E-state index is 10.6. The van der Waals surface area contributed by atoms with Gasteiger partial charge in [-0.05, 0) is 18.9 Å². The van der Waals surface area contributed by atoms with Crippen molar-refractivity contribution in [3.05, 3.63) is 24.0 Å². The van der Waals surface area contributed by atoms with Crippen LogP contribution in [0.3, 0.4) is 0 Å². The van der Waals surface area contributed by atoms with E-state index in [1.165, 1.54) is 0 Å². The molecule has 4 heterocycles. The fraction of sp³-hybridized carbons (Fsp3) is 0.500. The van der Waals surface area contributed by atoms with Crippen molar-refractivity contribution >= 4 is 28.4 Å². The molecule has 0 unspecified atom stereocenters. The van der Waals surface area contributed by atoms with Gasteiger partial charge in [0.2, 0.25) is 11.1 Å². The van der Waals surface area contributed by atoms with Gasteiger partial charge in [0, 0.05) is 25.5 Å². The van der Waals surface area contributed by atoms with E-state index in [1.807, 2.05) is 18.5 Å². The molecule has 0 aliphatic carbocycles. The van der Waals surface area contributed by atoms with E-state index >= 15 is 0 Å². The Morgan fingerprint density at radius 1 is 1.15 bits per heavy atom. The molecule has 0 saturated carbocycles. The lowest BCUT2D eigenvalue weighted by Crippen LogP contribution is -2.37. The van der Waals surface area contributed by atoms with E-state index in [4.69, 9.17) is 9.90 Å². The van der Waals surface area contributed by atoms with Crippen molar-refractivity contribution < 1.29 is 23.1 Å². The number of hydrogen-bond donors (Lipinski definition) is 1. The molecule has 2 aliphatic heterocycles. The molecule has 0 radical (unpaired) electrons. The number of carboxylic acids is 1. The number of rotatable bonds is 2. The minimum absolute atomic E-state index is 0.506. The number of anilines is 2. The maximum absolute atomic E-state index is 10.6. The minimum Gasteiger partial charge on any atom is -0.475 e. The summed E-state index contributed by atoms with van der Waals surface area (Å²) in [6.07, 6.45) is 0.825. The van der Waals surface area contributed by atoms with Gasteiger partial charge in [-0.1, -0.05) is 11.3 Å². The summed E-state index contributed by atoms with van der Waals surface area (Å²) >= 11 is 1.62. The van der Waals surface area contributed by atoms with Crippen molar-refractivity contribution in [2.24, 2.45) is 0 Å². The van der Waals surface area contributed by atoms with Crippen LogP contribution in [0.4, 0.5) is 24.3 Å². The molecule has 0 bridgehead atoms. The van der Waals surface area contributed by atoms with E-state index in [-0.39, 0.29) is 0 Å². The second-order valence-corrected chi connectivity index (χ2v) is 6.48. The Hall–Kier alpha value is -2.50. The second-order valence-electron chi connectivity index (χ2n) is 5.67. The third-order valence-corrected chi connectivity index (χ3v) is 4.95. The van der Waals surface area contributed by atoms with Gasteiger partial charge in [0.15, 0.2) is 0 Å². The molecule has 1 N–H and O–H groups in total. The number of halogens is 3. The lowest BCUT2D eigenvalue weighted by atomic mass is 10.1. The molecule has 0 spiro atoms. The van der Waals surface area contributed by atoms with Crippen LogP contribution in [0.25, 0.3) is 0 Å². The molecule has 12 heteroatoms. The van der Waals surface area contributed by atoms with Crippen molar-refractivity contribution in [2.75, 3.05) is 22.9 Å². The van der Waals surface area contributed by atoms with Crippen molar-refractivity contribution in [3.63, 3.8) is 0 Å². The summed E-state index contributed by atoms with van der Waals surface area (Å²) in [6.45, 7) is 2.07. The van der Waals surface area contributed by atoms with Gasteiger partial charge >= 0.3 is 12.1 Å². The molecule has 2 saturated heterocycles. The molecule has 2 fully saturated rings. The van der Waals surface area contributed by atoms with Crippen molar-refractivity contribution in [3.8, 4) is 0 Å². The van der Waals surface area contributed by atoms with Gasteiger partial charge in [-0.15, -0.1) is 10.2 Å². The molecule has 0 aromatic carbocycles. The number of aromatic nitrogens is 4. The first-order chi connectivity index (χ1) is 12.4. The zero-order chi connectivity index (χ0) is 18.7. The van der Waals surface area contributed by atoms with Gasteiger partial charge in [0.25, 0.3) is 0 Å². The average molecular weight is 388 g/mol. The smallest absolute Gasteiger partial charge is 0.475 e. The highest BCUT2D eigenvalue weighted by atomic mass is 32.1. The Balaban J connectivity index is 0.000000242. The normalized spacial score (nSPS) is 22.0.